The van der Waals surface area contributed by atoms with Gasteiger partial charge in [0, 0.05) is 32.0 Å². The van der Waals surface area contributed by atoms with Gasteiger partial charge in [-0.05, 0) is 5.56 Å². The predicted molar refractivity (Wildman–Crippen MR) is 57.1 cm³/mol. The van der Waals surface area contributed by atoms with E-state index in [-0.39, 0.29) is 18.4 Å². The summed E-state index contributed by atoms with van der Waals surface area (Å²) in [7, 11) is 0. The van der Waals surface area contributed by atoms with Crippen LogP contribution >= 0.6 is 0 Å². The van der Waals surface area contributed by atoms with Gasteiger partial charge >= 0.3 is 0 Å². The Labute approximate surface area is 89.3 Å². The van der Waals surface area contributed by atoms with Crippen LogP contribution in [0.5, 0.6) is 0 Å². The first-order chi connectivity index (χ1) is 7.29. The number of carbonyl (C=O) groups excluding carboxylic acids is 1. The summed E-state index contributed by atoms with van der Waals surface area (Å²) >= 11 is 0. The minimum atomic E-state index is 0.108. The maximum atomic E-state index is 11.6. The zero-order valence-corrected chi connectivity index (χ0v) is 8.60. The second kappa shape index (κ2) is 4.45. The molecule has 0 unspecified atom stereocenters. The average molecular weight is 205 g/mol. The lowest BCUT2D eigenvalue weighted by Gasteiger charge is -2.16. The van der Waals surface area contributed by atoms with Gasteiger partial charge in [0.15, 0.2) is 0 Å². The standard InChI is InChI=1S/C12H15NO2/c14-9-11-6-12(15)13(8-11)7-10-4-2-1-3-5-10/h1-5,11,14H,6-9H2/t11-/m1/s1. The third-order valence-corrected chi connectivity index (χ3v) is 2.77. The van der Waals surface area contributed by atoms with E-state index in [0.29, 0.717) is 19.5 Å². The van der Waals surface area contributed by atoms with Gasteiger partial charge in [0.25, 0.3) is 0 Å². The molecule has 1 aliphatic rings. The summed E-state index contributed by atoms with van der Waals surface area (Å²) in [4.78, 5) is 13.4. The van der Waals surface area contributed by atoms with Gasteiger partial charge < -0.3 is 10.0 Å². The molecule has 3 heteroatoms. The van der Waals surface area contributed by atoms with Crippen LogP contribution in [-0.2, 0) is 11.3 Å². The van der Waals surface area contributed by atoms with Crippen LogP contribution < -0.4 is 0 Å². The minimum absolute atomic E-state index is 0.108. The third kappa shape index (κ3) is 2.36. The Kier molecular flexibility index (Phi) is 3.02. The number of nitrogens with zero attached hydrogens (tertiary/aromatic N) is 1. The number of hydrogen-bond donors (Lipinski definition) is 1. The fraction of sp³-hybridized carbons (Fsp3) is 0.417. The summed E-state index contributed by atoms with van der Waals surface area (Å²) in [5.41, 5.74) is 1.14. The number of carbonyl (C=O) groups is 1. The maximum absolute atomic E-state index is 11.6. The Morgan fingerprint density at radius 1 is 1.33 bits per heavy atom. The summed E-state index contributed by atoms with van der Waals surface area (Å²) in [5, 5.41) is 8.99. The summed E-state index contributed by atoms with van der Waals surface area (Å²) in [6.45, 7) is 1.46. The molecule has 1 fully saturated rings. The molecule has 0 saturated carbocycles. The highest BCUT2D eigenvalue weighted by Gasteiger charge is 2.28. The largest absolute Gasteiger partial charge is 0.396 e. The van der Waals surface area contributed by atoms with Crippen molar-refractivity contribution < 1.29 is 9.90 Å². The molecule has 0 bridgehead atoms. The fourth-order valence-electron chi connectivity index (χ4n) is 1.93. The van der Waals surface area contributed by atoms with Gasteiger partial charge in [0.1, 0.15) is 0 Å². The van der Waals surface area contributed by atoms with E-state index in [0.717, 1.165) is 5.56 Å². The van der Waals surface area contributed by atoms with E-state index < -0.39 is 0 Å². The Hall–Kier alpha value is -1.35. The Bertz CT molecular complexity index is 337. The van der Waals surface area contributed by atoms with Crippen LogP contribution in [0.3, 0.4) is 0 Å². The van der Waals surface area contributed by atoms with Crippen LogP contribution in [0, 0.1) is 5.92 Å². The molecule has 0 spiro atoms. The van der Waals surface area contributed by atoms with E-state index in [1.165, 1.54) is 0 Å². The molecule has 1 aromatic rings. The van der Waals surface area contributed by atoms with Gasteiger partial charge in [-0.1, -0.05) is 30.3 Å². The van der Waals surface area contributed by atoms with Crippen molar-refractivity contribution in [2.45, 2.75) is 13.0 Å². The second-order valence-electron chi connectivity index (χ2n) is 4.01. The molecule has 0 aromatic heterocycles. The van der Waals surface area contributed by atoms with Gasteiger partial charge in [0.2, 0.25) is 5.91 Å². The van der Waals surface area contributed by atoms with E-state index in [9.17, 15) is 4.79 Å². The van der Waals surface area contributed by atoms with Gasteiger partial charge in [-0.2, -0.15) is 0 Å². The fourth-order valence-corrected chi connectivity index (χ4v) is 1.93. The van der Waals surface area contributed by atoms with E-state index in [1.54, 1.807) is 0 Å². The quantitative estimate of drug-likeness (QED) is 0.800. The highest BCUT2D eigenvalue weighted by atomic mass is 16.3. The van der Waals surface area contributed by atoms with Crippen LogP contribution in [0.2, 0.25) is 0 Å². The van der Waals surface area contributed by atoms with Crippen molar-refractivity contribution in [3.05, 3.63) is 35.9 Å². The Morgan fingerprint density at radius 3 is 2.67 bits per heavy atom. The number of benzene rings is 1. The van der Waals surface area contributed by atoms with Gasteiger partial charge in [-0.3, -0.25) is 4.79 Å². The molecule has 1 heterocycles. The Balaban J connectivity index is 1.99. The topological polar surface area (TPSA) is 40.5 Å². The molecule has 1 atom stereocenters. The van der Waals surface area contributed by atoms with E-state index in [2.05, 4.69) is 0 Å². The van der Waals surface area contributed by atoms with Crippen molar-refractivity contribution in [1.82, 2.24) is 4.90 Å². The zero-order chi connectivity index (χ0) is 10.7. The summed E-state index contributed by atoms with van der Waals surface area (Å²) in [6, 6.07) is 9.93. The predicted octanol–water partition coefficient (Wildman–Crippen LogP) is 1.03. The first-order valence-electron chi connectivity index (χ1n) is 5.22. The molecule has 1 aromatic carbocycles. The summed E-state index contributed by atoms with van der Waals surface area (Å²) in [5.74, 6) is 0.277. The Morgan fingerprint density at radius 2 is 2.07 bits per heavy atom. The molecule has 80 valence electrons. The highest BCUT2D eigenvalue weighted by molar-refractivity contribution is 5.78. The first-order valence-corrected chi connectivity index (χ1v) is 5.22. The number of aliphatic hydroxyl groups is 1. The number of amides is 1. The lowest BCUT2D eigenvalue weighted by Crippen LogP contribution is -2.24. The zero-order valence-electron chi connectivity index (χ0n) is 8.60. The monoisotopic (exact) mass is 205 g/mol. The average Bonchev–Trinajstić information content (AvgIpc) is 2.61. The molecule has 2 rings (SSSR count). The second-order valence-corrected chi connectivity index (χ2v) is 4.01. The molecular formula is C12H15NO2. The first kappa shape index (κ1) is 10.2. The van der Waals surface area contributed by atoms with Gasteiger partial charge in [0.05, 0.1) is 0 Å². The molecule has 1 aliphatic heterocycles. The molecule has 1 N–H and O–H groups in total. The van der Waals surface area contributed by atoms with Crippen LogP contribution in [-0.4, -0.2) is 29.1 Å². The molecule has 15 heavy (non-hydrogen) atoms. The van der Waals surface area contributed by atoms with Crippen LogP contribution in [0.25, 0.3) is 0 Å². The summed E-state index contributed by atoms with van der Waals surface area (Å²) < 4.78 is 0. The molecule has 3 nitrogen and oxygen atoms in total. The van der Waals surface area contributed by atoms with Crippen molar-refractivity contribution in [1.29, 1.82) is 0 Å². The van der Waals surface area contributed by atoms with Crippen LogP contribution in [0.1, 0.15) is 12.0 Å². The van der Waals surface area contributed by atoms with Gasteiger partial charge in [-0.15, -0.1) is 0 Å². The molecule has 1 saturated heterocycles. The molecular weight excluding hydrogens is 190 g/mol. The molecule has 0 aliphatic carbocycles. The lowest BCUT2D eigenvalue weighted by atomic mass is 10.1. The highest BCUT2D eigenvalue weighted by Crippen LogP contribution is 2.19. The maximum Gasteiger partial charge on any atom is 0.223 e. The number of likely N-dealkylation sites (tertiary alicyclic amines) is 1. The van der Waals surface area contributed by atoms with E-state index in [4.69, 9.17) is 5.11 Å². The minimum Gasteiger partial charge on any atom is -0.396 e. The van der Waals surface area contributed by atoms with Crippen molar-refractivity contribution >= 4 is 5.91 Å². The van der Waals surface area contributed by atoms with Gasteiger partial charge in [-0.25, -0.2) is 0 Å². The van der Waals surface area contributed by atoms with Crippen LogP contribution in [0.15, 0.2) is 30.3 Å². The van der Waals surface area contributed by atoms with Crippen LogP contribution in [0.4, 0.5) is 0 Å². The smallest absolute Gasteiger partial charge is 0.223 e. The van der Waals surface area contributed by atoms with Crippen molar-refractivity contribution in [3.8, 4) is 0 Å². The SMILES string of the molecule is O=C1C[C@@H](CO)CN1Cc1ccccc1. The normalized spacial score (nSPS) is 21.0. The van der Waals surface area contributed by atoms with Crippen molar-refractivity contribution in [2.75, 3.05) is 13.2 Å². The number of rotatable bonds is 3. The number of aliphatic hydroxyl groups excluding tert-OH is 1. The molecule has 1 amide bonds. The van der Waals surface area contributed by atoms with E-state index >= 15 is 0 Å². The molecule has 0 radical (unpaired) electrons. The van der Waals surface area contributed by atoms with E-state index in [1.807, 2.05) is 35.2 Å². The third-order valence-electron chi connectivity index (χ3n) is 2.77. The number of hydrogen-bond acceptors (Lipinski definition) is 2. The lowest BCUT2D eigenvalue weighted by molar-refractivity contribution is -0.128. The summed E-state index contributed by atoms with van der Waals surface area (Å²) in [6.07, 6.45) is 0.489. The van der Waals surface area contributed by atoms with Crippen molar-refractivity contribution in [3.63, 3.8) is 0 Å². The van der Waals surface area contributed by atoms with Crippen molar-refractivity contribution in [2.24, 2.45) is 5.92 Å².